The maximum atomic E-state index is 9.98. The number of aromatic amines is 1. The lowest BCUT2D eigenvalue weighted by Crippen LogP contribution is -2.28. The van der Waals surface area contributed by atoms with Crippen LogP contribution in [0.4, 0.5) is 0 Å². The van der Waals surface area contributed by atoms with Crippen molar-refractivity contribution in [1.29, 1.82) is 0 Å². The van der Waals surface area contributed by atoms with Gasteiger partial charge >= 0.3 is 0 Å². The van der Waals surface area contributed by atoms with Gasteiger partial charge in [0.05, 0.1) is 17.1 Å². The zero-order chi connectivity index (χ0) is 13.3. The van der Waals surface area contributed by atoms with E-state index in [1.54, 1.807) is 0 Å². The summed E-state index contributed by atoms with van der Waals surface area (Å²) >= 11 is 7.45. The number of nitrogens with zero attached hydrogens (tertiary/aromatic N) is 1. The van der Waals surface area contributed by atoms with Gasteiger partial charge in [0.1, 0.15) is 0 Å². The van der Waals surface area contributed by atoms with Gasteiger partial charge in [0, 0.05) is 10.8 Å². The van der Waals surface area contributed by atoms with Crippen LogP contribution in [0, 0.1) is 5.41 Å². The van der Waals surface area contributed by atoms with Crippen molar-refractivity contribution >= 4 is 34.4 Å². The molecule has 18 heavy (non-hydrogen) atoms. The number of hydrogen-bond acceptors (Lipinski definition) is 3. The van der Waals surface area contributed by atoms with Crippen LogP contribution in [0.2, 0.25) is 5.02 Å². The number of aromatic nitrogens is 2. The summed E-state index contributed by atoms with van der Waals surface area (Å²) in [7, 11) is 0. The van der Waals surface area contributed by atoms with Crippen molar-refractivity contribution in [1.82, 2.24) is 9.97 Å². The summed E-state index contributed by atoms with van der Waals surface area (Å²) in [4.78, 5) is 7.65. The Kier molecular flexibility index (Phi) is 3.90. The molecule has 1 unspecified atom stereocenters. The topological polar surface area (TPSA) is 48.9 Å². The van der Waals surface area contributed by atoms with Crippen LogP contribution in [0.3, 0.4) is 0 Å². The summed E-state index contributed by atoms with van der Waals surface area (Å²) in [5, 5.41) is 11.5. The Labute approximate surface area is 116 Å². The smallest absolute Gasteiger partial charge is 0.166 e. The number of aliphatic hydroxyl groups is 1. The molecule has 1 atom stereocenters. The molecule has 1 heterocycles. The standard InChI is InChI=1S/C13H17ClN2OS/c1-13(2,3)11(17)7-18-12-15-9-5-4-8(14)6-10(9)16-12/h4-6,11,17H,7H2,1-3H3,(H,15,16). The molecule has 0 amide bonds. The van der Waals surface area contributed by atoms with E-state index in [0.29, 0.717) is 10.8 Å². The Morgan fingerprint density at radius 3 is 2.83 bits per heavy atom. The minimum atomic E-state index is -0.362. The maximum Gasteiger partial charge on any atom is 0.166 e. The Morgan fingerprint density at radius 1 is 1.44 bits per heavy atom. The average Bonchev–Trinajstić information content (AvgIpc) is 2.66. The fraction of sp³-hybridized carbons (Fsp3) is 0.462. The second-order valence-electron chi connectivity index (χ2n) is 5.40. The number of H-pyrrole nitrogens is 1. The van der Waals surface area contributed by atoms with E-state index in [1.807, 2.05) is 39.0 Å². The lowest BCUT2D eigenvalue weighted by Gasteiger charge is -2.24. The molecule has 98 valence electrons. The van der Waals surface area contributed by atoms with Gasteiger partial charge in [-0.3, -0.25) is 0 Å². The van der Waals surface area contributed by atoms with Gasteiger partial charge in [0.15, 0.2) is 5.16 Å². The maximum absolute atomic E-state index is 9.98. The van der Waals surface area contributed by atoms with Crippen molar-refractivity contribution in [2.75, 3.05) is 5.75 Å². The van der Waals surface area contributed by atoms with Crippen molar-refractivity contribution in [3.8, 4) is 0 Å². The van der Waals surface area contributed by atoms with E-state index < -0.39 is 0 Å². The third kappa shape index (κ3) is 3.19. The van der Waals surface area contributed by atoms with Crippen molar-refractivity contribution in [2.24, 2.45) is 5.41 Å². The van der Waals surface area contributed by atoms with E-state index in [1.165, 1.54) is 11.8 Å². The highest BCUT2D eigenvalue weighted by Crippen LogP contribution is 2.27. The first kappa shape index (κ1) is 13.7. The molecule has 0 spiro atoms. The third-order valence-corrected chi connectivity index (χ3v) is 3.98. The molecule has 0 bridgehead atoms. The number of aliphatic hydroxyl groups excluding tert-OH is 1. The first-order valence-corrected chi connectivity index (χ1v) is 7.19. The highest BCUT2D eigenvalue weighted by Gasteiger charge is 2.22. The van der Waals surface area contributed by atoms with E-state index >= 15 is 0 Å². The number of benzene rings is 1. The van der Waals surface area contributed by atoms with Crippen LogP contribution in [0.25, 0.3) is 11.0 Å². The van der Waals surface area contributed by atoms with Crippen LogP contribution in [0.5, 0.6) is 0 Å². The lowest BCUT2D eigenvalue weighted by atomic mass is 9.90. The van der Waals surface area contributed by atoms with E-state index in [4.69, 9.17) is 11.6 Å². The molecule has 0 saturated carbocycles. The minimum absolute atomic E-state index is 0.109. The lowest BCUT2D eigenvalue weighted by molar-refractivity contribution is 0.0842. The molecule has 5 heteroatoms. The molecule has 0 fully saturated rings. The van der Waals surface area contributed by atoms with Gasteiger partial charge in [-0.05, 0) is 23.6 Å². The number of thioether (sulfide) groups is 1. The number of imidazole rings is 1. The Hall–Kier alpha value is -0.710. The highest BCUT2D eigenvalue weighted by atomic mass is 35.5. The first-order valence-electron chi connectivity index (χ1n) is 5.82. The summed E-state index contributed by atoms with van der Waals surface area (Å²) in [5.41, 5.74) is 1.71. The van der Waals surface area contributed by atoms with E-state index in [-0.39, 0.29) is 11.5 Å². The molecular formula is C13H17ClN2OS. The number of hydrogen-bond donors (Lipinski definition) is 2. The third-order valence-electron chi connectivity index (χ3n) is 2.80. The zero-order valence-electron chi connectivity index (χ0n) is 10.7. The molecule has 2 N–H and O–H groups in total. The van der Waals surface area contributed by atoms with Crippen molar-refractivity contribution in [3.63, 3.8) is 0 Å². The van der Waals surface area contributed by atoms with Gasteiger partial charge in [-0.2, -0.15) is 0 Å². The quantitative estimate of drug-likeness (QED) is 0.845. The number of fused-ring (bicyclic) bond motifs is 1. The highest BCUT2D eigenvalue weighted by molar-refractivity contribution is 7.99. The second-order valence-corrected chi connectivity index (χ2v) is 6.84. The van der Waals surface area contributed by atoms with Crippen molar-refractivity contribution in [3.05, 3.63) is 23.2 Å². The van der Waals surface area contributed by atoms with Gasteiger partial charge < -0.3 is 10.1 Å². The summed E-state index contributed by atoms with van der Waals surface area (Å²) in [5.74, 6) is 0.622. The molecule has 1 aromatic heterocycles. The summed E-state index contributed by atoms with van der Waals surface area (Å²) in [6, 6.07) is 5.57. The Morgan fingerprint density at radius 2 is 2.17 bits per heavy atom. The molecule has 0 aliphatic heterocycles. The predicted octanol–water partition coefficient (Wildman–Crippen LogP) is 3.72. The zero-order valence-corrected chi connectivity index (χ0v) is 12.3. The van der Waals surface area contributed by atoms with Crippen LogP contribution < -0.4 is 0 Å². The van der Waals surface area contributed by atoms with Crippen LogP contribution >= 0.6 is 23.4 Å². The predicted molar refractivity (Wildman–Crippen MR) is 77.3 cm³/mol. The number of rotatable bonds is 3. The SMILES string of the molecule is CC(C)(C)C(O)CSc1nc2ccc(Cl)cc2[nH]1. The molecule has 0 saturated heterocycles. The molecular weight excluding hydrogens is 268 g/mol. The molecule has 0 aliphatic carbocycles. The van der Waals surface area contributed by atoms with Gasteiger partial charge in [-0.25, -0.2) is 4.98 Å². The van der Waals surface area contributed by atoms with Crippen LogP contribution in [-0.4, -0.2) is 26.9 Å². The molecule has 2 aromatic rings. The molecule has 0 radical (unpaired) electrons. The average molecular weight is 285 g/mol. The minimum Gasteiger partial charge on any atom is -0.392 e. The number of halogens is 1. The van der Waals surface area contributed by atoms with Crippen LogP contribution in [0.1, 0.15) is 20.8 Å². The molecule has 2 rings (SSSR count). The molecule has 0 aliphatic rings. The fourth-order valence-electron chi connectivity index (χ4n) is 1.43. The van der Waals surface area contributed by atoms with E-state index in [0.717, 1.165) is 16.2 Å². The van der Waals surface area contributed by atoms with Gasteiger partial charge in [-0.1, -0.05) is 44.1 Å². The molecule has 1 aromatic carbocycles. The fourth-order valence-corrected chi connectivity index (χ4v) is 2.77. The van der Waals surface area contributed by atoms with E-state index in [9.17, 15) is 5.11 Å². The van der Waals surface area contributed by atoms with Crippen molar-refractivity contribution in [2.45, 2.75) is 32.0 Å². The summed E-state index contributed by atoms with van der Waals surface area (Å²) < 4.78 is 0. The summed E-state index contributed by atoms with van der Waals surface area (Å²) in [6.07, 6.45) is -0.362. The van der Waals surface area contributed by atoms with Gasteiger partial charge in [0.25, 0.3) is 0 Å². The van der Waals surface area contributed by atoms with Crippen LogP contribution in [-0.2, 0) is 0 Å². The van der Waals surface area contributed by atoms with Crippen LogP contribution in [0.15, 0.2) is 23.4 Å². The largest absolute Gasteiger partial charge is 0.392 e. The normalized spacial score (nSPS) is 14.1. The monoisotopic (exact) mass is 284 g/mol. The Bertz CT molecular complexity index is 547. The van der Waals surface area contributed by atoms with Crippen molar-refractivity contribution < 1.29 is 5.11 Å². The van der Waals surface area contributed by atoms with E-state index in [2.05, 4.69) is 9.97 Å². The van der Waals surface area contributed by atoms with Gasteiger partial charge in [0.2, 0.25) is 0 Å². The second kappa shape index (κ2) is 5.11. The van der Waals surface area contributed by atoms with Gasteiger partial charge in [-0.15, -0.1) is 0 Å². The first-order chi connectivity index (χ1) is 8.36. The summed E-state index contributed by atoms with van der Waals surface area (Å²) in [6.45, 7) is 6.07. The number of nitrogens with one attached hydrogen (secondary N) is 1. The Balaban J connectivity index is 2.09. The molecule has 3 nitrogen and oxygen atoms in total.